The third-order valence-corrected chi connectivity index (χ3v) is 4.94. The molecular weight excluding hydrogens is 342 g/mol. The highest BCUT2D eigenvalue weighted by molar-refractivity contribution is 5.83. The van der Waals surface area contributed by atoms with E-state index < -0.39 is 12.0 Å². The normalized spacial score (nSPS) is 13.1. The third kappa shape index (κ3) is 10.0. The summed E-state index contributed by atoms with van der Waals surface area (Å²) in [7, 11) is 0. The SMILES string of the molecule is CCCCC(CCC)CCCCC(=O)NC(Cc1ccc(O)cc1)C(=O)O. The standard InChI is InChI=1S/C22H35NO4/c1-3-5-9-17(8-4-2)10-6-7-11-21(25)23-20(22(26)27)16-18-12-14-19(24)15-13-18/h12-15,17,20,24H,3-11,16H2,1-2H3,(H,23,25)(H,26,27). The number of carboxylic acid groups (broad SMARTS) is 1. The Morgan fingerprint density at radius 2 is 1.63 bits per heavy atom. The molecule has 0 bridgehead atoms. The van der Waals surface area contributed by atoms with E-state index in [0.29, 0.717) is 6.42 Å². The lowest BCUT2D eigenvalue weighted by Gasteiger charge is -2.16. The van der Waals surface area contributed by atoms with Crippen LogP contribution >= 0.6 is 0 Å². The minimum absolute atomic E-state index is 0.134. The van der Waals surface area contributed by atoms with Crippen molar-refractivity contribution in [3.63, 3.8) is 0 Å². The fourth-order valence-electron chi connectivity index (χ4n) is 3.39. The molecule has 0 saturated heterocycles. The second-order valence-corrected chi connectivity index (χ2v) is 7.37. The van der Waals surface area contributed by atoms with Gasteiger partial charge in [0.05, 0.1) is 0 Å². The fourth-order valence-corrected chi connectivity index (χ4v) is 3.39. The van der Waals surface area contributed by atoms with Crippen LogP contribution in [0, 0.1) is 5.92 Å². The van der Waals surface area contributed by atoms with Crippen LogP contribution in [0.1, 0.15) is 77.2 Å². The Hall–Kier alpha value is -2.04. The highest BCUT2D eigenvalue weighted by atomic mass is 16.4. The van der Waals surface area contributed by atoms with Crippen molar-refractivity contribution < 1.29 is 19.8 Å². The molecule has 5 nitrogen and oxygen atoms in total. The number of phenolic OH excluding ortho intramolecular Hbond substituents is 1. The van der Waals surface area contributed by atoms with Gasteiger partial charge in [-0.1, -0.05) is 70.9 Å². The number of amides is 1. The number of hydrogen-bond donors (Lipinski definition) is 3. The summed E-state index contributed by atoms with van der Waals surface area (Å²) in [6, 6.07) is 5.42. The number of unbranched alkanes of at least 4 members (excludes halogenated alkanes) is 2. The fraction of sp³-hybridized carbons (Fsp3) is 0.636. The molecule has 0 aliphatic rings. The van der Waals surface area contributed by atoms with E-state index in [1.807, 2.05) is 0 Å². The predicted octanol–water partition coefficient (Wildman–Crippen LogP) is 4.67. The molecule has 1 aromatic carbocycles. The van der Waals surface area contributed by atoms with Crippen molar-refractivity contribution in [3.8, 4) is 5.75 Å². The molecule has 0 aliphatic heterocycles. The summed E-state index contributed by atoms with van der Waals surface area (Å²) in [6.45, 7) is 4.43. The smallest absolute Gasteiger partial charge is 0.326 e. The molecule has 1 rings (SSSR count). The minimum atomic E-state index is -1.04. The van der Waals surface area contributed by atoms with Crippen LogP contribution in [0.3, 0.4) is 0 Å². The van der Waals surface area contributed by atoms with Gasteiger partial charge in [-0.3, -0.25) is 4.79 Å². The van der Waals surface area contributed by atoms with E-state index >= 15 is 0 Å². The first-order valence-corrected chi connectivity index (χ1v) is 10.3. The number of hydrogen-bond acceptors (Lipinski definition) is 3. The summed E-state index contributed by atoms with van der Waals surface area (Å²) < 4.78 is 0. The number of phenols is 1. The molecule has 5 heteroatoms. The maximum absolute atomic E-state index is 12.1. The van der Waals surface area contributed by atoms with E-state index in [4.69, 9.17) is 0 Å². The maximum Gasteiger partial charge on any atom is 0.326 e. The Balaban J connectivity index is 2.37. The largest absolute Gasteiger partial charge is 0.508 e. The van der Waals surface area contributed by atoms with Crippen molar-refractivity contribution in [1.82, 2.24) is 5.32 Å². The van der Waals surface area contributed by atoms with Gasteiger partial charge in [-0.25, -0.2) is 4.79 Å². The molecule has 2 atom stereocenters. The number of carboxylic acids is 1. The summed E-state index contributed by atoms with van der Waals surface area (Å²) in [4.78, 5) is 23.6. The van der Waals surface area contributed by atoms with Gasteiger partial charge >= 0.3 is 5.97 Å². The highest BCUT2D eigenvalue weighted by Gasteiger charge is 2.20. The molecule has 0 fully saturated rings. The van der Waals surface area contributed by atoms with Gasteiger partial charge in [0, 0.05) is 12.8 Å². The molecule has 0 radical (unpaired) electrons. The van der Waals surface area contributed by atoms with Crippen molar-refractivity contribution in [1.29, 1.82) is 0 Å². The number of benzene rings is 1. The molecule has 27 heavy (non-hydrogen) atoms. The van der Waals surface area contributed by atoms with Gasteiger partial charge in [0.1, 0.15) is 11.8 Å². The lowest BCUT2D eigenvalue weighted by Crippen LogP contribution is -2.42. The van der Waals surface area contributed by atoms with Crippen LogP contribution in [0.15, 0.2) is 24.3 Å². The molecule has 0 saturated carbocycles. The second-order valence-electron chi connectivity index (χ2n) is 7.37. The van der Waals surface area contributed by atoms with Gasteiger partial charge in [0.15, 0.2) is 0 Å². The Bertz CT molecular complexity index is 556. The van der Waals surface area contributed by atoms with E-state index in [-0.39, 0.29) is 18.1 Å². The van der Waals surface area contributed by atoms with Gasteiger partial charge in [-0.15, -0.1) is 0 Å². The van der Waals surface area contributed by atoms with Crippen LogP contribution in [0.4, 0.5) is 0 Å². The summed E-state index contributed by atoms with van der Waals surface area (Å²) in [5, 5.41) is 21.3. The monoisotopic (exact) mass is 377 g/mol. The number of carbonyl (C=O) groups is 2. The van der Waals surface area contributed by atoms with Crippen LogP contribution in [0.25, 0.3) is 0 Å². The summed E-state index contributed by atoms with van der Waals surface area (Å²) in [5.74, 6) is -0.366. The van der Waals surface area contributed by atoms with E-state index in [2.05, 4.69) is 19.2 Å². The first-order valence-electron chi connectivity index (χ1n) is 10.3. The topological polar surface area (TPSA) is 86.6 Å². The van der Waals surface area contributed by atoms with Gasteiger partial charge in [0.2, 0.25) is 5.91 Å². The Morgan fingerprint density at radius 3 is 2.22 bits per heavy atom. The molecule has 0 heterocycles. The Morgan fingerprint density at radius 1 is 0.963 bits per heavy atom. The summed E-state index contributed by atoms with van der Waals surface area (Å²) >= 11 is 0. The first kappa shape index (κ1) is 23.0. The quantitative estimate of drug-likeness (QED) is 0.411. The number of aromatic hydroxyl groups is 1. The van der Waals surface area contributed by atoms with Crippen LogP contribution in [0.2, 0.25) is 0 Å². The van der Waals surface area contributed by atoms with Crippen molar-refractivity contribution in [2.45, 2.75) is 84.1 Å². The van der Waals surface area contributed by atoms with Crippen molar-refractivity contribution in [2.75, 3.05) is 0 Å². The molecule has 1 aromatic rings. The average Bonchev–Trinajstić information content (AvgIpc) is 2.64. The lowest BCUT2D eigenvalue weighted by molar-refractivity contribution is -0.141. The highest BCUT2D eigenvalue weighted by Crippen LogP contribution is 2.21. The third-order valence-electron chi connectivity index (χ3n) is 4.94. The van der Waals surface area contributed by atoms with Crippen LogP contribution in [-0.2, 0) is 16.0 Å². The molecule has 0 aromatic heterocycles. The van der Waals surface area contributed by atoms with Gasteiger partial charge in [-0.2, -0.15) is 0 Å². The van der Waals surface area contributed by atoms with Crippen LogP contribution < -0.4 is 5.32 Å². The molecule has 1 amide bonds. The Labute approximate surface area is 163 Å². The van der Waals surface area contributed by atoms with E-state index in [9.17, 15) is 19.8 Å². The number of carbonyl (C=O) groups excluding carboxylic acids is 1. The number of nitrogens with one attached hydrogen (secondary N) is 1. The number of aliphatic carboxylic acids is 1. The number of rotatable bonds is 14. The first-order chi connectivity index (χ1) is 13.0. The molecule has 152 valence electrons. The van der Waals surface area contributed by atoms with Gasteiger partial charge < -0.3 is 15.5 Å². The van der Waals surface area contributed by atoms with Gasteiger partial charge in [0.25, 0.3) is 0 Å². The molecular formula is C22H35NO4. The van der Waals surface area contributed by atoms with E-state index in [0.717, 1.165) is 30.7 Å². The zero-order valence-corrected chi connectivity index (χ0v) is 16.7. The van der Waals surface area contributed by atoms with Crippen molar-refractivity contribution >= 4 is 11.9 Å². The minimum Gasteiger partial charge on any atom is -0.508 e. The average molecular weight is 378 g/mol. The molecule has 0 spiro atoms. The predicted molar refractivity (Wildman–Crippen MR) is 108 cm³/mol. The summed E-state index contributed by atoms with van der Waals surface area (Å²) in [6.07, 6.45) is 9.74. The van der Waals surface area contributed by atoms with E-state index in [1.165, 1.54) is 44.2 Å². The molecule has 0 aliphatic carbocycles. The summed E-state index contributed by atoms with van der Waals surface area (Å²) in [5.41, 5.74) is 0.763. The van der Waals surface area contributed by atoms with Gasteiger partial charge in [-0.05, 0) is 30.0 Å². The molecule has 3 N–H and O–H groups in total. The van der Waals surface area contributed by atoms with Crippen molar-refractivity contribution in [2.24, 2.45) is 5.92 Å². The zero-order valence-electron chi connectivity index (χ0n) is 16.7. The lowest BCUT2D eigenvalue weighted by atomic mass is 9.91. The zero-order chi connectivity index (χ0) is 20.1. The van der Waals surface area contributed by atoms with Crippen molar-refractivity contribution in [3.05, 3.63) is 29.8 Å². The van der Waals surface area contributed by atoms with Crippen LogP contribution in [0.5, 0.6) is 5.75 Å². The van der Waals surface area contributed by atoms with E-state index in [1.54, 1.807) is 12.1 Å². The second kappa shape index (κ2) is 13.2. The molecule has 2 unspecified atom stereocenters. The maximum atomic E-state index is 12.1. The van der Waals surface area contributed by atoms with Crippen LogP contribution in [-0.4, -0.2) is 28.1 Å². The Kier molecular flexibility index (Phi) is 11.2.